The lowest BCUT2D eigenvalue weighted by atomic mass is 10.2. The predicted molar refractivity (Wildman–Crippen MR) is 88.4 cm³/mol. The number of hydrogen-bond donors (Lipinski definition) is 3. The van der Waals surface area contributed by atoms with Crippen molar-refractivity contribution in [2.75, 3.05) is 5.32 Å². The second-order valence-corrected chi connectivity index (χ2v) is 5.41. The van der Waals surface area contributed by atoms with Crippen molar-refractivity contribution in [3.63, 3.8) is 0 Å². The summed E-state index contributed by atoms with van der Waals surface area (Å²) in [4.78, 5) is 11.7. The molecule has 0 atom stereocenters. The maximum atomic E-state index is 11.7. The Kier molecular flexibility index (Phi) is 5.25. The summed E-state index contributed by atoms with van der Waals surface area (Å²) >= 11 is 9.21. The van der Waals surface area contributed by atoms with Gasteiger partial charge < -0.3 is 15.7 Å². The van der Waals surface area contributed by atoms with Gasteiger partial charge in [-0.3, -0.25) is 0 Å². The molecule has 0 saturated carbocycles. The van der Waals surface area contributed by atoms with Gasteiger partial charge >= 0.3 is 6.03 Å². The van der Waals surface area contributed by atoms with Crippen LogP contribution in [0.4, 0.5) is 10.5 Å². The lowest BCUT2D eigenvalue weighted by Gasteiger charge is -2.07. The molecule has 0 aromatic heterocycles. The monoisotopic (exact) mass is 366 g/mol. The van der Waals surface area contributed by atoms with E-state index in [2.05, 4.69) is 26.6 Å². The number of halogens is 2. The summed E-state index contributed by atoms with van der Waals surface area (Å²) in [6, 6.07) is 11.6. The lowest BCUT2D eigenvalue weighted by molar-refractivity contribution is 0.255. The molecule has 2 aromatic carbocycles. The molecule has 0 fully saturated rings. The van der Waals surface area contributed by atoms with E-state index in [4.69, 9.17) is 11.6 Å². The van der Waals surface area contributed by atoms with Crippen molar-refractivity contribution in [2.45, 2.75) is 0 Å². The molecule has 0 spiro atoms. The minimum Gasteiger partial charge on any atom is -0.506 e. The van der Waals surface area contributed by atoms with Gasteiger partial charge in [-0.1, -0.05) is 45.7 Å². The SMILES string of the molecule is O=C(N/C=C/c1ccccc1Br)Nc1cc(Cl)ccc1O. The number of benzene rings is 2. The van der Waals surface area contributed by atoms with Gasteiger partial charge in [-0.2, -0.15) is 0 Å². The average Bonchev–Trinajstić information content (AvgIpc) is 2.45. The maximum absolute atomic E-state index is 11.7. The molecule has 0 aliphatic carbocycles. The average molecular weight is 368 g/mol. The Morgan fingerprint density at radius 2 is 2.00 bits per heavy atom. The number of anilines is 1. The summed E-state index contributed by atoms with van der Waals surface area (Å²) in [5, 5.41) is 15.1. The van der Waals surface area contributed by atoms with Crippen LogP contribution in [-0.4, -0.2) is 11.1 Å². The second-order valence-electron chi connectivity index (χ2n) is 4.11. The van der Waals surface area contributed by atoms with Crippen LogP contribution in [0.3, 0.4) is 0 Å². The molecule has 2 rings (SSSR count). The first-order chi connectivity index (χ1) is 10.1. The fourth-order valence-electron chi connectivity index (χ4n) is 1.58. The van der Waals surface area contributed by atoms with Crippen molar-refractivity contribution in [3.8, 4) is 5.75 Å². The Morgan fingerprint density at radius 1 is 1.24 bits per heavy atom. The number of carbonyl (C=O) groups is 1. The molecular weight excluding hydrogens is 356 g/mol. The van der Waals surface area contributed by atoms with Crippen LogP contribution in [0.5, 0.6) is 5.75 Å². The standard InChI is InChI=1S/C15H12BrClN2O2/c16-12-4-2-1-3-10(12)7-8-18-15(21)19-13-9-11(17)5-6-14(13)20/h1-9,20H,(H2,18,19,21)/b8-7+. The largest absolute Gasteiger partial charge is 0.506 e. The number of amides is 2. The van der Waals surface area contributed by atoms with Gasteiger partial charge in [-0.25, -0.2) is 4.79 Å². The van der Waals surface area contributed by atoms with Crippen molar-refractivity contribution < 1.29 is 9.90 Å². The highest BCUT2D eigenvalue weighted by Crippen LogP contribution is 2.26. The van der Waals surface area contributed by atoms with Gasteiger partial charge in [0.25, 0.3) is 0 Å². The molecule has 21 heavy (non-hydrogen) atoms. The number of urea groups is 1. The van der Waals surface area contributed by atoms with E-state index in [1.807, 2.05) is 24.3 Å². The van der Waals surface area contributed by atoms with Crippen LogP contribution in [-0.2, 0) is 0 Å². The lowest BCUT2D eigenvalue weighted by Crippen LogP contribution is -2.23. The molecule has 108 valence electrons. The highest BCUT2D eigenvalue weighted by Gasteiger charge is 2.05. The number of phenolic OH excluding ortho intramolecular Hbond substituents is 1. The molecular formula is C15H12BrClN2O2. The molecule has 6 heteroatoms. The Bertz CT molecular complexity index is 689. The van der Waals surface area contributed by atoms with Crippen LogP contribution in [0.25, 0.3) is 6.08 Å². The van der Waals surface area contributed by atoms with Gasteiger partial charge in [0.2, 0.25) is 0 Å². The third-order valence-electron chi connectivity index (χ3n) is 2.59. The summed E-state index contributed by atoms with van der Waals surface area (Å²) in [6.07, 6.45) is 3.26. The third-order valence-corrected chi connectivity index (χ3v) is 3.55. The summed E-state index contributed by atoms with van der Waals surface area (Å²) in [5.41, 5.74) is 1.18. The molecule has 2 amide bonds. The van der Waals surface area contributed by atoms with Crippen molar-refractivity contribution in [2.24, 2.45) is 0 Å². The summed E-state index contributed by atoms with van der Waals surface area (Å²) in [6.45, 7) is 0. The van der Waals surface area contributed by atoms with Gasteiger partial charge in [-0.15, -0.1) is 0 Å². The van der Waals surface area contributed by atoms with E-state index in [1.54, 1.807) is 6.08 Å². The van der Waals surface area contributed by atoms with E-state index in [-0.39, 0.29) is 11.4 Å². The number of rotatable bonds is 3. The molecule has 0 radical (unpaired) electrons. The second kappa shape index (κ2) is 7.15. The van der Waals surface area contributed by atoms with E-state index in [0.717, 1.165) is 10.0 Å². The molecule has 0 heterocycles. The summed E-state index contributed by atoms with van der Waals surface area (Å²) in [5.74, 6) is -0.0515. The number of aromatic hydroxyl groups is 1. The predicted octanol–water partition coefficient (Wildman–Crippen LogP) is 4.60. The van der Waals surface area contributed by atoms with Crippen LogP contribution in [0.1, 0.15) is 5.56 Å². The van der Waals surface area contributed by atoms with Crippen molar-refractivity contribution in [1.29, 1.82) is 0 Å². The van der Waals surface area contributed by atoms with E-state index >= 15 is 0 Å². The van der Waals surface area contributed by atoms with Crippen molar-refractivity contribution >= 4 is 45.3 Å². The highest BCUT2D eigenvalue weighted by molar-refractivity contribution is 9.10. The van der Waals surface area contributed by atoms with E-state index in [9.17, 15) is 9.90 Å². The maximum Gasteiger partial charge on any atom is 0.323 e. The van der Waals surface area contributed by atoms with E-state index < -0.39 is 6.03 Å². The summed E-state index contributed by atoms with van der Waals surface area (Å²) in [7, 11) is 0. The van der Waals surface area contributed by atoms with Gasteiger partial charge in [0.05, 0.1) is 5.69 Å². The molecule has 0 saturated heterocycles. The Labute approximate surface area is 135 Å². The molecule has 3 N–H and O–H groups in total. The quantitative estimate of drug-likeness (QED) is 0.694. The first-order valence-corrected chi connectivity index (χ1v) is 7.20. The van der Waals surface area contributed by atoms with Gasteiger partial charge in [0.15, 0.2) is 0 Å². The van der Waals surface area contributed by atoms with Crippen LogP contribution in [0.2, 0.25) is 5.02 Å². The van der Waals surface area contributed by atoms with Crippen molar-refractivity contribution in [3.05, 3.63) is 63.7 Å². The molecule has 0 aliphatic rings. The van der Waals surface area contributed by atoms with Crippen LogP contribution in [0, 0.1) is 0 Å². The smallest absolute Gasteiger partial charge is 0.323 e. The Hall–Kier alpha value is -1.98. The van der Waals surface area contributed by atoms with E-state index in [1.165, 1.54) is 24.4 Å². The zero-order valence-electron chi connectivity index (χ0n) is 10.8. The van der Waals surface area contributed by atoms with Gasteiger partial charge in [-0.05, 0) is 35.9 Å². The summed E-state index contributed by atoms with van der Waals surface area (Å²) < 4.78 is 0.927. The van der Waals surface area contributed by atoms with Crippen LogP contribution in [0.15, 0.2) is 53.1 Å². The van der Waals surface area contributed by atoms with Crippen LogP contribution >= 0.6 is 27.5 Å². The molecule has 0 aliphatic heterocycles. The third kappa shape index (κ3) is 4.51. The highest BCUT2D eigenvalue weighted by atomic mass is 79.9. The first-order valence-electron chi connectivity index (χ1n) is 6.03. The Morgan fingerprint density at radius 3 is 2.76 bits per heavy atom. The van der Waals surface area contributed by atoms with Gasteiger partial charge in [0, 0.05) is 15.7 Å². The molecule has 4 nitrogen and oxygen atoms in total. The Balaban J connectivity index is 1.96. The topological polar surface area (TPSA) is 61.4 Å². The van der Waals surface area contributed by atoms with Gasteiger partial charge in [0.1, 0.15) is 5.75 Å². The van der Waals surface area contributed by atoms with Crippen molar-refractivity contribution in [1.82, 2.24) is 5.32 Å². The fourth-order valence-corrected chi connectivity index (χ4v) is 2.17. The zero-order valence-corrected chi connectivity index (χ0v) is 13.1. The molecule has 0 bridgehead atoms. The first kappa shape index (κ1) is 15.4. The minimum atomic E-state index is -0.476. The number of hydrogen-bond acceptors (Lipinski definition) is 2. The number of carbonyl (C=O) groups excluding carboxylic acids is 1. The van der Waals surface area contributed by atoms with Crippen LogP contribution < -0.4 is 10.6 Å². The zero-order chi connectivity index (χ0) is 15.2. The number of phenols is 1. The normalized spacial score (nSPS) is 10.6. The number of nitrogens with one attached hydrogen (secondary N) is 2. The van der Waals surface area contributed by atoms with E-state index in [0.29, 0.717) is 5.02 Å². The minimum absolute atomic E-state index is 0.0515. The molecule has 0 unspecified atom stereocenters. The fraction of sp³-hybridized carbons (Fsp3) is 0. The molecule has 2 aromatic rings.